The van der Waals surface area contributed by atoms with E-state index >= 15 is 0 Å². The number of aromatic nitrogens is 1. The van der Waals surface area contributed by atoms with Gasteiger partial charge in [-0.1, -0.05) is 38.1 Å². The van der Waals surface area contributed by atoms with Crippen LogP contribution in [0.4, 0.5) is 0 Å². The minimum absolute atomic E-state index is 0.604. The highest BCUT2D eigenvalue weighted by Crippen LogP contribution is 2.34. The summed E-state index contributed by atoms with van der Waals surface area (Å²) in [6.07, 6.45) is 6.52. The van der Waals surface area contributed by atoms with Crippen molar-refractivity contribution in [3.05, 3.63) is 42.2 Å². The van der Waals surface area contributed by atoms with Gasteiger partial charge in [0.2, 0.25) is 0 Å². The highest BCUT2D eigenvalue weighted by Gasteiger charge is 2.29. The molecule has 1 N–H and O–H groups in total. The first-order chi connectivity index (χ1) is 9.25. The molecule has 1 aliphatic rings. The number of pyridine rings is 1. The van der Waals surface area contributed by atoms with Crippen LogP contribution in [0.1, 0.15) is 38.2 Å². The van der Waals surface area contributed by atoms with Crippen molar-refractivity contribution in [2.45, 2.75) is 38.6 Å². The molecular formula is C17H22N2. The van der Waals surface area contributed by atoms with E-state index in [1.54, 1.807) is 0 Å². The van der Waals surface area contributed by atoms with Gasteiger partial charge in [0.15, 0.2) is 0 Å². The van der Waals surface area contributed by atoms with Crippen molar-refractivity contribution in [3.63, 3.8) is 0 Å². The number of nitrogens with zero attached hydrogens (tertiary/aromatic N) is 1. The van der Waals surface area contributed by atoms with E-state index in [-0.39, 0.29) is 0 Å². The van der Waals surface area contributed by atoms with Crippen LogP contribution in [0.5, 0.6) is 0 Å². The van der Waals surface area contributed by atoms with Crippen molar-refractivity contribution in [1.29, 1.82) is 0 Å². The normalized spacial score (nSPS) is 23.3. The fourth-order valence-corrected chi connectivity index (χ4v) is 3.33. The van der Waals surface area contributed by atoms with Crippen molar-refractivity contribution in [1.82, 2.24) is 10.3 Å². The fourth-order valence-electron chi connectivity index (χ4n) is 3.33. The van der Waals surface area contributed by atoms with Gasteiger partial charge in [-0.2, -0.15) is 0 Å². The summed E-state index contributed by atoms with van der Waals surface area (Å²) in [5.41, 5.74) is 1.42. The summed E-state index contributed by atoms with van der Waals surface area (Å²) in [5, 5.41) is 6.31. The second-order valence-corrected chi connectivity index (χ2v) is 6.04. The monoisotopic (exact) mass is 254 g/mol. The second kappa shape index (κ2) is 5.30. The maximum atomic E-state index is 4.44. The number of rotatable bonds is 3. The Hall–Kier alpha value is -1.41. The second-order valence-electron chi connectivity index (χ2n) is 6.04. The SMILES string of the molecule is CC(C)CC1NCCC1c1cncc2ccccc12. The molecule has 0 bridgehead atoms. The molecule has 1 aromatic carbocycles. The molecule has 2 aromatic rings. The van der Waals surface area contributed by atoms with Gasteiger partial charge >= 0.3 is 0 Å². The van der Waals surface area contributed by atoms with Gasteiger partial charge in [-0.15, -0.1) is 0 Å². The number of fused-ring (bicyclic) bond motifs is 1. The molecule has 2 unspecified atom stereocenters. The van der Waals surface area contributed by atoms with Gasteiger partial charge in [-0.3, -0.25) is 4.98 Å². The maximum Gasteiger partial charge on any atom is 0.0346 e. The third-order valence-corrected chi connectivity index (χ3v) is 4.17. The van der Waals surface area contributed by atoms with Crippen LogP contribution in [0.3, 0.4) is 0 Å². The highest BCUT2D eigenvalue weighted by molar-refractivity contribution is 5.85. The van der Waals surface area contributed by atoms with Crippen molar-refractivity contribution < 1.29 is 0 Å². The minimum Gasteiger partial charge on any atom is -0.313 e. The molecule has 2 nitrogen and oxygen atoms in total. The Morgan fingerprint density at radius 3 is 2.95 bits per heavy atom. The molecule has 100 valence electrons. The Morgan fingerprint density at radius 2 is 2.11 bits per heavy atom. The average molecular weight is 254 g/mol. The summed E-state index contributed by atoms with van der Waals surface area (Å²) in [7, 11) is 0. The predicted octanol–water partition coefficient (Wildman–Crippen LogP) is 3.73. The van der Waals surface area contributed by atoms with Crippen molar-refractivity contribution in [2.24, 2.45) is 5.92 Å². The summed E-state index contributed by atoms with van der Waals surface area (Å²) < 4.78 is 0. The van der Waals surface area contributed by atoms with E-state index in [0.29, 0.717) is 12.0 Å². The predicted molar refractivity (Wildman–Crippen MR) is 80.3 cm³/mol. The summed E-state index contributed by atoms with van der Waals surface area (Å²) >= 11 is 0. The molecule has 0 saturated carbocycles. The first-order valence-electron chi connectivity index (χ1n) is 7.31. The van der Waals surface area contributed by atoms with Crippen LogP contribution in [0, 0.1) is 5.92 Å². The van der Waals surface area contributed by atoms with Crippen LogP contribution in [-0.2, 0) is 0 Å². The maximum absolute atomic E-state index is 4.44. The lowest BCUT2D eigenvalue weighted by atomic mass is 9.86. The minimum atomic E-state index is 0.604. The third-order valence-electron chi connectivity index (χ3n) is 4.17. The number of nitrogens with one attached hydrogen (secondary N) is 1. The van der Waals surface area contributed by atoms with Gasteiger partial charge < -0.3 is 5.32 Å². The van der Waals surface area contributed by atoms with E-state index in [9.17, 15) is 0 Å². The summed E-state index contributed by atoms with van der Waals surface area (Å²) in [4.78, 5) is 4.44. The van der Waals surface area contributed by atoms with Crippen molar-refractivity contribution in [3.8, 4) is 0 Å². The van der Waals surface area contributed by atoms with Gasteiger partial charge in [0, 0.05) is 29.7 Å². The highest BCUT2D eigenvalue weighted by atomic mass is 15.0. The van der Waals surface area contributed by atoms with Crippen LogP contribution < -0.4 is 5.32 Å². The van der Waals surface area contributed by atoms with Gasteiger partial charge in [0.05, 0.1) is 0 Å². The van der Waals surface area contributed by atoms with E-state index in [2.05, 4.69) is 54.6 Å². The third kappa shape index (κ3) is 2.50. The fraction of sp³-hybridized carbons (Fsp3) is 0.471. The molecule has 2 heteroatoms. The molecule has 2 heterocycles. The molecular weight excluding hydrogens is 232 g/mol. The number of benzene rings is 1. The Kier molecular flexibility index (Phi) is 3.52. The van der Waals surface area contributed by atoms with E-state index in [0.717, 1.165) is 12.5 Å². The van der Waals surface area contributed by atoms with Crippen LogP contribution in [0.25, 0.3) is 10.8 Å². The first kappa shape index (κ1) is 12.6. The molecule has 1 aliphatic heterocycles. The van der Waals surface area contributed by atoms with Gasteiger partial charge in [-0.05, 0) is 36.3 Å². The van der Waals surface area contributed by atoms with Crippen molar-refractivity contribution >= 4 is 10.8 Å². The van der Waals surface area contributed by atoms with Crippen molar-refractivity contribution in [2.75, 3.05) is 6.54 Å². The van der Waals surface area contributed by atoms with Crippen LogP contribution in [0.2, 0.25) is 0 Å². The molecule has 1 saturated heterocycles. The Labute approximate surface area is 115 Å². The zero-order valence-electron chi connectivity index (χ0n) is 11.8. The molecule has 0 spiro atoms. The molecule has 0 aliphatic carbocycles. The first-order valence-corrected chi connectivity index (χ1v) is 7.31. The van der Waals surface area contributed by atoms with E-state index in [1.807, 2.05) is 6.20 Å². The molecule has 3 rings (SSSR count). The summed E-state index contributed by atoms with van der Waals surface area (Å²) in [5.74, 6) is 1.35. The zero-order chi connectivity index (χ0) is 13.2. The largest absolute Gasteiger partial charge is 0.313 e. The molecule has 0 amide bonds. The van der Waals surface area contributed by atoms with E-state index in [1.165, 1.54) is 29.2 Å². The lowest BCUT2D eigenvalue weighted by Crippen LogP contribution is -2.27. The summed E-state index contributed by atoms with van der Waals surface area (Å²) in [6, 6.07) is 9.22. The quantitative estimate of drug-likeness (QED) is 0.903. The molecule has 1 fully saturated rings. The van der Waals surface area contributed by atoms with Crippen LogP contribution in [-0.4, -0.2) is 17.6 Å². The Bertz CT molecular complexity index is 557. The van der Waals surface area contributed by atoms with Gasteiger partial charge in [0.1, 0.15) is 0 Å². The molecule has 0 radical (unpaired) electrons. The summed E-state index contributed by atoms with van der Waals surface area (Å²) in [6.45, 7) is 5.74. The lowest BCUT2D eigenvalue weighted by Gasteiger charge is -2.22. The van der Waals surface area contributed by atoms with Gasteiger partial charge in [0.25, 0.3) is 0 Å². The van der Waals surface area contributed by atoms with Crippen LogP contribution in [0.15, 0.2) is 36.7 Å². The van der Waals surface area contributed by atoms with Crippen LogP contribution >= 0.6 is 0 Å². The Balaban J connectivity index is 1.99. The van der Waals surface area contributed by atoms with E-state index in [4.69, 9.17) is 0 Å². The average Bonchev–Trinajstić information content (AvgIpc) is 2.85. The lowest BCUT2D eigenvalue weighted by molar-refractivity contribution is 0.434. The standard InChI is InChI=1S/C17H22N2/c1-12(2)9-17-15(7-8-19-17)16-11-18-10-13-5-3-4-6-14(13)16/h3-6,10-12,15,17,19H,7-9H2,1-2H3. The number of hydrogen-bond donors (Lipinski definition) is 1. The smallest absolute Gasteiger partial charge is 0.0346 e. The Morgan fingerprint density at radius 1 is 1.26 bits per heavy atom. The molecule has 19 heavy (non-hydrogen) atoms. The van der Waals surface area contributed by atoms with Gasteiger partial charge in [-0.25, -0.2) is 0 Å². The zero-order valence-corrected chi connectivity index (χ0v) is 11.8. The molecule has 2 atom stereocenters. The van der Waals surface area contributed by atoms with E-state index < -0.39 is 0 Å². The number of hydrogen-bond acceptors (Lipinski definition) is 2. The molecule has 1 aromatic heterocycles. The topological polar surface area (TPSA) is 24.9 Å².